The predicted octanol–water partition coefficient (Wildman–Crippen LogP) is 3.35. The number of carbonyl (C=O) groups is 1. The molecule has 1 fully saturated rings. The number of nitrogens with one attached hydrogen (secondary N) is 1. The number of thiazole rings is 1. The lowest BCUT2D eigenvalue weighted by Crippen LogP contribution is -2.41. The molecule has 1 atom stereocenters. The molecule has 0 bridgehead atoms. The molecule has 1 aromatic carbocycles. The van der Waals surface area contributed by atoms with E-state index in [2.05, 4.69) is 10.3 Å². The molecular weight excluding hydrogens is 341 g/mol. The van der Waals surface area contributed by atoms with Crippen LogP contribution in [0.3, 0.4) is 0 Å². The van der Waals surface area contributed by atoms with Crippen LogP contribution in [0.5, 0.6) is 0 Å². The van der Waals surface area contributed by atoms with Crippen LogP contribution in [0, 0.1) is 5.92 Å². The van der Waals surface area contributed by atoms with Gasteiger partial charge in [0.2, 0.25) is 0 Å². The second-order valence-corrected chi connectivity index (χ2v) is 6.44. The minimum absolute atomic E-state index is 0. The summed E-state index contributed by atoms with van der Waals surface area (Å²) in [5, 5.41) is 6.12. The summed E-state index contributed by atoms with van der Waals surface area (Å²) in [5.74, 6) is 0.368. The second kappa shape index (κ2) is 7.42. The quantitative estimate of drug-likeness (QED) is 0.861. The third kappa shape index (κ3) is 3.79. The van der Waals surface area contributed by atoms with Crippen LogP contribution < -0.4 is 11.1 Å². The van der Waals surface area contributed by atoms with Gasteiger partial charge in [0.05, 0.1) is 5.02 Å². The molecule has 1 aromatic heterocycles. The molecule has 3 N–H and O–H groups in total. The molecule has 1 aliphatic rings. The molecular formula is C15H17Cl2N3OS. The summed E-state index contributed by atoms with van der Waals surface area (Å²) in [7, 11) is 0. The fourth-order valence-electron chi connectivity index (χ4n) is 2.25. The average Bonchev–Trinajstić information content (AvgIpc) is 3.21. The molecule has 1 unspecified atom stereocenters. The van der Waals surface area contributed by atoms with Crippen molar-refractivity contribution in [3.05, 3.63) is 40.4 Å². The number of hydrogen-bond donors (Lipinski definition) is 2. The first-order valence-electron chi connectivity index (χ1n) is 6.90. The van der Waals surface area contributed by atoms with Crippen molar-refractivity contribution in [3.8, 4) is 10.6 Å². The summed E-state index contributed by atoms with van der Waals surface area (Å²) in [6.07, 6.45) is 2.29. The molecule has 22 heavy (non-hydrogen) atoms. The SMILES string of the molecule is Cl.NCC(NC(=O)c1csc(-c2ccccc2Cl)n1)C1CC1. The predicted molar refractivity (Wildman–Crippen MR) is 92.8 cm³/mol. The normalized spacial score (nSPS) is 15.0. The molecule has 0 saturated heterocycles. The smallest absolute Gasteiger partial charge is 0.271 e. The van der Waals surface area contributed by atoms with Gasteiger partial charge in [-0.1, -0.05) is 29.8 Å². The largest absolute Gasteiger partial charge is 0.346 e. The zero-order chi connectivity index (χ0) is 14.8. The number of nitrogens with zero attached hydrogens (tertiary/aromatic N) is 1. The molecule has 1 amide bonds. The maximum Gasteiger partial charge on any atom is 0.271 e. The summed E-state index contributed by atoms with van der Waals surface area (Å²) >= 11 is 7.57. The van der Waals surface area contributed by atoms with Crippen LogP contribution in [0.4, 0.5) is 0 Å². The van der Waals surface area contributed by atoms with E-state index in [0.717, 1.165) is 23.4 Å². The number of halogens is 2. The highest BCUT2D eigenvalue weighted by Crippen LogP contribution is 2.33. The van der Waals surface area contributed by atoms with Crippen LogP contribution in [-0.2, 0) is 0 Å². The Kier molecular flexibility index (Phi) is 5.81. The van der Waals surface area contributed by atoms with Crippen molar-refractivity contribution in [1.29, 1.82) is 0 Å². The molecule has 1 aliphatic carbocycles. The van der Waals surface area contributed by atoms with Crippen molar-refractivity contribution in [2.24, 2.45) is 11.7 Å². The standard InChI is InChI=1S/C15H16ClN3OS.ClH/c16-11-4-2-1-3-10(11)15-19-13(8-21-15)14(20)18-12(7-17)9-5-6-9;/h1-4,8-9,12H,5-7,17H2,(H,18,20);1H. The molecule has 4 nitrogen and oxygen atoms in total. The fourth-order valence-corrected chi connectivity index (χ4v) is 3.37. The number of nitrogens with two attached hydrogens (primary N) is 1. The van der Waals surface area contributed by atoms with Crippen LogP contribution in [-0.4, -0.2) is 23.5 Å². The number of carbonyl (C=O) groups excluding carboxylic acids is 1. The lowest BCUT2D eigenvalue weighted by atomic mass is 10.2. The Bertz CT molecular complexity index is 658. The average molecular weight is 358 g/mol. The van der Waals surface area contributed by atoms with Gasteiger partial charge in [-0.3, -0.25) is 4.79 Å². The van der Waals surface area contributed by atoms with Crippen LogP contribution in [0.1, 0.15) is 23.3 Å². The Morgan fingerprint density at radius 3 is 2.82 bits per heavy atom. The Morgan fingerprint density at radius 2 is 2.18 bits per heavy atom. The van der Waals surface area contributed by atoms with Gasteiger partial charge in [-0.2, -0.15) is 0 Å². The van der Waals surface area contributed by atoms with Gasteiger partial charge in [0.1, 0.15) is 10.7 Å². The van der Waals surface area contributed by atoms with Gasteiger partial charge >= 0.3 is 0 Å². The number of amides is 1. The molecule has 0 spiro atoms. The molecule has 2 aromatic rings. The van der Waals surface area contributed by atoms with E-state index in [9.17, 15) is 4.79 Å². The lowest BCUT2D eigenvalue weighted by molar-refractivity contribution is 0.0929. The first-order chi connectivity index (χ1) is 10.2. The highest BCUT2D eigenvalue weighted by Gasteiger charge is 2.31. The number of rotatable bonds is 5. The van der Waals surface area contributed by atoms with E-state index in [1.165, 1.54) is 11.3 Å². The van der Waals surface area contributed by atoms with Crippen molar-refractivity contribution < 1.29 is 4.79 Å². The Hall–Kier alpha value is -1.14. The summed E-state index contributed by atoms with van der Waals surface area (Å²) < 4.78 is 0. The van der Waals surface area contributed by atoms with Crippen molar-refractivity contribution in [2.45, 2.75) is 18.9 Å². The summed E-state index contributed by atoms with van der Waals surface area (Å²) in [5.41, 5.74) is 6.98. The van der Waals surface area contributed by atoms with Crippen molar-refractivity contribution in [1.82, 2.24) is 10.3 Å². The third-order valence-electron chi connectivity index (χ3n) is 3.60. The van der Waals surface area contributed by atoms with Gasteiger partial charge in [0.15, 0.2) is 0 Å². The van der Waals surface area contributed by atoms with E-state index < -0.39 is 0 Å². The maximum absolute atomic E-state index is 12.2. The number of aromatic nitrogens is 1. The molecule has 118 valence electrons. The minimum Gasteiger partial charge on any atom is -0.346 e. The number of hydrogen-bond acceptors (Lipinski definition) is 4. The first-order valence-corrected chi connectivity index (χ1v) is 8.16. The van der Waals surface area contributed by atoms with Crippen LogP contribution in [0.15, 0.2) is 29.6 Å². The van der Waals surface area contributed by atoms with Gasteiger partial charge in [-0.05, 0) is 24.8 Å². The maximum atomic E-state index is 12.2. The van der Waals surface area contributed by atoms with Gasteiger partial charge in [0.25, 0.3) is 5.91 Å². The lowest BCUT2D eigenvalue weighted by Gasteiger charge is -2.14. The second-order valence-electron chi connectivity index (χ2n) is 5.17. The highest BCUT2D eigenvalue weighted by atomic mass is 35.5. The van der Waals surface area contributed by atoms with E-state index in [1.807, 2.05) is 24.3 Å². The molecule has 0 radical (unpaired) electrons. The first kappa shape index (κ1) is 17.2. The topological polar surface area (TPSA) is 68.0 Å². The van der Waals surface area contributed by atoms with Crippen molar-refractivity contribution >= 4 is 41.3 Å². The zero-order valence-electron chi connectivity index (χ0n) is 11.8. The van der Waals surface area contributed by atoms with E-state index in [0.29, 0.717) is 23.2 Å². The van der Waals surface area contributed by atoms with E-state index >= 15 is 0 Å². The van der Waals surface area contributed by atoms with E-state index in [4.69, 9.17) is 17.3 Å². The van der Waals surface area contributed by atoms with Crippen molar-refractivity contribution in [2.75, 3.05) is 6.54 Å². The van der Waals surface area contributed by atoms with E-state index in [-0.39, 0.29) is 24.4 Å². The Balaban J connectivity index is 0.00000176. The van der Waals surface area contributed by atoms with Crippen LogP contribution in [0.25, 0.3) is 10.6 Å². The van der Waals surface area contributed by atoms with Gasteiger partial charge in [-0.15, -0.1) is 23.7 Å². The number of benzene rings is 1. The van der Waals surface area contributed by atoms with Crippen molar-refractivity contribution in [3.63, 3.8) is 0 Å². The monoisotopic (exact) mass is 357 g/mol. The summed E-state index contributed by atoms with van der Waals surface area (Å²) in [6.45, 7) is 0.470. The van der Waals surface area contributed by atoms with Gasteiger partial charge in [-0.25, -0.2) is 4.98 Å². The van der Waals surface area contributed by atoms with Gasteiger partial charge < -0.3 is 11.1 Å². The van der Waals surface area contributed by atoms with Gasteiger partial charge in [0, 0.05) is 23.5 Å². The molecule has 1 heterocycles. The van der Waals surface area contributed by atoms with E-state index in [1.54, 1.807) is 5.38 Å². The highest BCUT2D eigenvalue weighted by molar-refractivity contribution is 7.13. The molecule has 1 saturated carbocycles. The minimum atomic E-state index is -0.160. The van der Waals surface area contributed by atoms with Crippen LogP contribution >= 0.6 is 35.3 Å². The van der Waals surface area contributed by atoms with Crippen LogP contribution in [0.2, 0.25) is 5.02 Å². The Labute approximate surface area is 144 Å². The zero-order valence-corrected chi connectivity index (χ0v) is 14.2. The summed E-state index contributed by atoms with van der Waals surface area (Å²) in [6, 6.07) is 7.54. The fraction of sp³-hybridized carbons (Fsp3) is 0.333. The molecule has 0 aliphatic heterocycles. The Morgan fingerprint density at radius 1 is 1.45 bits per heavy atom. The molecule has 3 rings (SSSR count). The molecule has 7 heteroatoms. The third-order valence-corrected chi connectivity index (χ3v) is 4.81. The summed E-state index contributed by atoms with van der Waals surface area (Å²) in [4.78, 5) is 16.6.